The van der Waals surface area contributed by atoms with Gasteiger partial charge in [0.1, 0.15) is 5.75 Å². The highest BCUT2D eigenvalue weighted by Gasteiger charge is 2.13. The molecule has 0 bridgehead atoms. The SMILES string of the molecule is CCOc1cc(-c2ccc(C)nc2)nc2cc(C(=O)NCCc3cn[nH]c3C)ccc12. The summed E-state index contributed by atoms with van der Waals surface area (Å²) in [5.41, 5.74) is 5.99. The molecule has 0 aliphatic heterocycles. The highest BCUT2D eigenvalue weighted by molar-refractivity contribution is 5.99. The van der Waals surface area contributed by atoms with Crippen molar-refractivity contribution < 1.29 is 9.53 Å². The summed E-state index contributed by atoms with van der Waals surface area (Å²) in [7, 11) is 0. The Kier molecular flexibility index (Phi) is 5.93. The van der Waals surface area contributed by atoms with Crippen LogP contribution >= 0.6 is 0 Å². The molecule has 4 rings (SSSR count). The molecule has 158 valence electrons. The number of aryl methyl sites for hydroxylation is 2. The molecule has 0 radical (unpaired) electrons. The van der Waals surface area contributed by atoms with Crippen molar-refractivity contribution in [3.05, 3.63) is 71.3 Å². The molecule has 0 atom stereocenters. The third-order valence-electron chi connectivity index (χ3n) is 5.16. The number of nitrogens with zero attached hydrogens (tertiary/aromatic N) is 3. The third-order valence-corrected chi connectivity index (χ3v) is 5.16. The predicted octanol–water partition coefficient (Wildman–Crippen LogP) is 4.01. The van der Waals surface area contributed by atoms with Crippen LogP contribution in [0.1, 0.15) is 34.2 Å². The van der Waals surface area contributed by atoms with Gasteiger partial charge in [-0.3, -0.25) is 14.9 Å². The Morgan fingerprint density at radius 1 is 1.13 bits per heavy atom. The normalized spacial score (nSPS) is 10.9. The highest BCUT2D eigenvalue weighted by Crippen LogP contribution is 2.30. The fourth-order valence-electron chi connectivity index (χ4n) is 3.42. The first-order valence-electron chi connectivity index (χ1n) is 10.3. The maximum atomic E-state index is 12.7. The van der Waals surface area contributed by atoms with E-state index in [0.29, 0.717) is 24.2 Å². The number of pyridine rings is 2. The van der Waals surface area contributed by atoms with Gasteiger partial charge in [-0.15, -0.1) is 0 Å². The van der Waals surface area contributed by atoms with E-state index in [1.54, 1.807) is 24.5 Å². The van der Waals surface area contributed by atoms with E-state index in [1.165, 1.54) is 0 Å². The number of hydrogen-bond donors (Lipinski definition) is 2. The van der Waals surface area contributed by atoms with Crippen molar-refractivity contribution in [2.45, 2.75) is 27.2 Å². The monoisotopic (exact) mass is 415 g/mol. The molecule has 0 saturated heterocycles. The number of fused-ring (bicyclic) bond motifs is 1. The molecule has 0 aliphatic carbocycles. The minimum atomic E-state index is -0.134. The van der Waals surface area contributed by atoms with Crippen molar-refractivity contribution in [1.82, 2.24) is 25.5 Å². The molecular weight excluding hydrogens is 390 g/mol. The largest absolute Gasteiger partial charge is 0.493 e. The lowest BCUT2D eigenvalue weighted by atomic mass is 10.1. The molecule has 3 aromatic heterocycles. The summed E-state index contributed by atoms with van der Waals surface area (Å²) in [6.45, 7) is 6.94. The minimum Gasteiger partial charge on any atom is -0.493 e. The molecule has 0 spiro atoms. The topological polar surface area (TPSA) is 92.8 Å². The number of benzene rings is 1. The van der Waals surface area contributed by atoms with E-state index in [-0.39, 0.29) is 5.91 Å². The number of carbonyl (C=O) groups is 1. The molecule has 0 fully saturated rings. The number of amides is 1. The Morgan fingerprint density at radius 2 is 2.00 bits per heavy atom. The molecule has 1 aromatic carbocycles. The van der Waals surface area contributed by atoms with Crippen LogP contribution in [0, 0.1) is 13.8 Å². The van der Waals surface area contributed by atoms with Crippen molar-refractivity contribution in [2.75, 3.05) is 13.2 Å². The molecule has 7 nitrogen and oxygen atoms in total. The standard InChI is InChI=1S/C24H25N5O2/c1-4-31-23-12-21(19-6-5-15(2)26-13-19)28-22-11-17(7-8-20(22)23)24(30)25-10-9-18-14-27-29-16(18)3/h5-8,11-14H,4,9-10H2,1-3H3,(H,25,30)(H,27,29). The third kappa shape index (κ3) is 4.55. The maximum Gasteiger partial charge on any atom is 0.251 e. The van der Waals surface area contributed by atoms with E-state index in [9.17, 15) is 4.79 Å². The molecule has 31 heavy (non-hydrogen) atoms. The molecule has 0 aliphatic rings. The number of carbonyl (C=O) groups excluding carboxylic acids is 1. The number of nitrogens with one attached hydrogen (secondary N) is 2. The van der Waals surface area contributed by atoms with Crippen LogP contribution in [0.15, 0.2) is 48.8 Å². The Bertz CT molecular complexity index is 1210. The summed E-state index contributed by atoms with van der Waals surface area (Å²) >= 11 is 0. The fraction of sp³-hybridized carbons (Fsp3) is 0.250. The van der Waals surface area contributed by atoms with E-state index in [4.69, 9.17) is 9.72 Å². The number of aromatic amines is 1. The second kappa shape index (κ2) is 8.95. The number of aromatic nitrogens is 4. The van der Waals surface area contributed by atoms with Gasteiger partial charge in [-0.25, -0.2) is 4.98 Å². The van der Waals surface area contributed by atoms with E-state index in [2.05, 4.69) is 20.5 Å². The first kappa shape index (κ1) is 20.5. The quantitative estimate of drug-likeness (QED) is 0.476. The van der Waals surface area contributed by atoms with E-state index < -0.39 is 0 Å². The van der Waals surface area contributed by atoms with Crippen LogP contribution in [0.25, 0.3) is 22.2 Å². The average Bonchev–Trinajstić information content (AvgIpc) is 3.18. The molecular formula is C24H25N5O2. The van der Waals surface area contributed by atoms with Gasteiger partial charge in [0.2, 0.25) is 0 Å². The Balaban J connectivity index is 1.61. The molecule has 3 heterocycles. The first-order chi connectivity index (χ1) is 15.0. The van der Waals surface area contributed by atoms with Gasteiger partial charge in [0.25, 0.3) is 5.91 Å². The Labute approximate surface area is 180 Å². The Hall–Kier alpha value is -3.74. The lowest BCUT2D eigenvalue weighted by Gasteiger charge is -2.12. The zero-order valence-electron chi connectivity index (χ0n) is 17.9. The van der Waals surface area contributed by atoms with Gasteiger partial charge in [0.05, 0.1) is 24.0 Å². The van der Waals surface area contributed by atoms with Crippen LogP contribution < -0.4 is 10.1 Å². The summed E-state index contributed by atoms with van der Waals surface area (Å²) in [4.78, 5) is 21.8. The van der Waals surface area contributed by atoms with Crippen molar-refractivity contribution >= 4 is 16.8 Å². The lowest BCUT2D eigenvalue weighted by Crippen LogP contribution is -2.25. The molecule has 2 N–H and O–H groups in total. The molecule has 0 saturated carbocycles. The summed E-state index contributed by atoms with van der Waals surface area (Å²) < 4.78 is 5.85. The summed E-state index contributed by atoms with van der Waals surface area (Å²) in [6, 6.07) is 11.4. The van der Waals surface area contributed by atoms with Gasteiger partial charge in [-0.2, -0.15) is 5.10 Å². The van der Waals surface area contributed by atoms with E-state index in [1.807, 2.05) is 45.0 Å². The summed E-state index contributed by atoms with van der Waals surface area (Å²) in [6.07, 6.45) is 4.31. The van der Waals surface area contributed by atoms with Crippen LogP contribution in [0.2, 0.25) is 0 Å². The van der Waals surface area contributed by atoms with Crippen LogP contribution in [-0.4, -0.2) is 39.2 Å². The van der Waals surface area contributed by atoms with Gasteiger partial charge in [0, 0.05) is 46.7 Å². The van der Waals surface area contributed by atoms with Crippen LogP contribution in [0.4, 0.5) is 0 Å². The average molecular weight is 415 g/mol. The predicted molar refractivity (Wildman–Crippen MR) is 120 cm³/mol. The van der Waals surface area contributed by atoms with Gasteiger partial charge in [0.15, 0.2) is 0 Å². The highest BCUT2D eigenvalue weighted by atomic mass is 16.5. The smallest absolute Gasteiger partial charge is 0.251 e. The van der Waals surface area contributed by atoms with Gasteiger partial charge in [-0.1, -0.05) is 0 Å². The van der Waals surface area contributed by atoms with Gasteiger partial charge < -0.3 is 10.1 Å². The maximum absolute atomic E-state index is 12.7. The van der Waals surface area contributed by atoms with E-state index >= 15 is 0 Å². The van der Waals surface area contributed by atoms with Crippen molar-refractivity contribution in [3.8, 4) is 17.0 Å². The van der Waals surface area contributed by atoms with Crippen LogP contribution in [0.3, 0.4) is 0 Å². The minimum absolute atomic E-state index is 0.134. The van der Waals surface area contributed by atoms with Crippen molar-refractivity contribution in [3.63, 3.8) is 0 Å². The molecule has 4 aromatic rings. The fourth-order valence-corrected chi connectivity index (χ4v) is 3.42. The van der Waals surface area contributed by atoms with Crippen LogP contribution in [-0.2, 0) is 6.42 Å². The van der Waals surface area contributed by atoms with Gasteiger partial charge >= 0.3 is 0 Å². The van der Waals surface area contributed by atoms with Crippen molar-refractivity contribution in [2.24, 2.45) is 0 Å². The number of H-pyrrole nitrogens is 1. The van der Waals surface area contributed by atoms with Gasteiger partial charge in [-0.05, 0) is 63.1 Å². The van der Waals surface area contributed by atoms with Crippen LogP contribution in [0.5, 0.6) is 5.75 Å². The second-order valence-corrected chi connectivity index (χ2v) is 7.38. The first-order valence-corrected chi connectivity index (χ1v) is 10.3. The molecule has 0 unspecified atom stereocenters. The summed E-state index contributed by atoms with van der Waals surface area (Å²) in [5, 5.41) is 10.8. The zero-order chi connectivity index (χ0) is 21.8. The molecule has 1 amide bonds. The van der Waals surface area contributed by atoms with E-state index in [0.717, 1.165) is 45.8 Å². The molecule has 7 heteroatoms. The van der Waals surface area contributed by atoms with Crippen molar-refractivity contribution in [1.29, 1.82) is 0 Å². The summed E-state index contributed by atoms with van der Waals surface area (Å²) in [5.74, 6) is 0.607. The number of ether oxygens (including phenoxy) is 1. The Morgan fingerprint density at radius 3 is 2.71 bits per heavy atom. The second-order valence-electron chi connectivity index (χ2n) is 7.38. The number of hydrogen-bond acceptors (Lipinski definition) is 5. The zero-order valence-corrected chi connectivity index (χ0v) is 17.9. The lowest BCUT2D eigenvalue weighted by molar-refractivity contribution is 0.0954. The number of rotatable bonds is 7.